The first-order valence-corrected chi connectivity index (χ1v) is 7.42. The van der Waals surface area contributed by atoms with Crippen LogP contribution in [0.3, 0.4) is 0 Å². The van der Waals surface area contributed by atoms with Crippen LogP contribution in [0.4, 0.5) is 0 Å². The zero-order valence-corrected chi connectivity index (χ0v) is 13.5. The Morgan fingerprint density at radius 3 is 2.19 bits per heavy atom. The minimum atomic E-state index is -0.643. The van der Waals surface area contributed by atoms with Crippen molar-refractivity contribution in [1.82, 2.24) is 19.9 Å². The van der Waals surface area contributed by atoms with Crippen molar-refractivity contribution >= 4 is 0 Å². The van der Waals surface area contributed by atoms with E-state index in [1.54, 1.807) is 0 Å². The quantitative estimate of drug-likeness (QED) is 0.799. The van der Waals surface area contributed by atoms with Crippen LogP contribution in [-0.4, -0.2) is 63.4 Å². The Morgan fingerprint density at radius 1 is 1.14 bits per heavy atom. The predicted molar refractivity (Wildman–Crippen MR) is 79.5 cm³/mol. The Kier molecular flexibility index (Phi) is 4.67. The Bertz CT molecular complexity index is 453. The van der Waals surface area contributed by atoms with Gasteiger partial charge in [0.2, 0.25) is 5.89 Å². The third-order valence-corrected chi connectivity index (χ3v) is 3.48. The fraction of sp³-hybridized carbons (Fsp3) is 0.857. The minimum Gasteiger partial charge on any atom is -0.389 e. The molecule has 21 heavy (non-hydrogen) atoms. The van der Waals surface area contributed by atoms with Gasteiger partial charge < -0.3 is 15.4 Å². The molecule has 7 heteroatoms. The SMILES string of the molecule is CC(C)(O)CN1CCN(Cc2nc(C(C)(C)N)no2)CC1. The third kappa shape index (κ3) is 5.03. The summed E-state index contributed by atoms with van der Waals surface area (Å²) in [7, 11) is 0. The second-order valence-corrected chi connectivity index (χ2v) is 7.10. The van der Waals surface area contributed by atoms with E-state index in [4.69, 9.17) is 10.3 Å². The fourth-order valence-corrected chi connectivity index (χ4v) is 2.42. The maximum Gasteiger partial charge on any atom is 0.240 e. The zero-order valence-electron chi connectivity index (χ0n) is 13.5. The molecule has 0 saturated carbocycles. The van der Waals surface area contributed by atoms with Gasteiger partial charge in [-0.25, -0.2) is 0 Å². The van der Waals surface area contributed by atoms with E-state index in [9.17, 15) is 5.11 Å². The van der Waals surface area contributed by atoms with Gasteiger partial charge in [-0.1, -0.05) is 5.16 Å². The standard InChI is InChI=1S/C14H27N5O2/c1-13(2,20)10-19-7-5-18(6-8-19)9-11-16-12(17-21-11)14(3,4)15/h20H,5-10,15H2,1-4H3. The lowest BCUT2D eigenvalue weighted by atomic mass is 10.1. The lowest BCUT2D eigenvalue weighted by Gasteiger charge is -2.36. The third-order valence-electron chi connectivity index (χ3n) is 3.48. The van der Waals surface area contributed by atoms with Gasteiger partial charge >= 0.3 is 0 Å². The van der Waals surface area contributed by atoms with Crippen molar-refractivity contribution in [3.63, 3.8) is 0 Å². The largest absolute Gasteiger partial charge is 0.389 e. The number of piperazine rings is 1. The van der Waals surface area contributed by atoms with Gasteiger partial charge in [-0.05, 0) is 27.7 Å². The van der Waals surface area contributed by atoms with E-state index in [0.29, 0.717) is 24.8 Å². The highest BCUT2D eigenvalue weighted by Crippen LogP contribution is 2.15. The molecule has 0 amide bonds. The van der Waals surface area contributed by atoms with Crippen LogP contribution in [-0.2, 0) is 12.1 Å². The summed E-state index contributed by atoms with van der Waals surface area (Å²) in [4.78, 5) is 8.91. The summed E-state index contributed by atoms with van der Waals surface area (Å²) in [6, 6.07) is 0. The Hall–Kier alpha value is -1.02. The van der Waals surface area contributed by atoms with Crippen molar-refractivity contribution in [2.75, 3.05) is 32.7 Å². The van der Waals surface area contributed by atoms with Gasteiger partial charge in [-0.3, -0.25) is 9.80 Å². The lowest BCUT2D eigenvalue weighted by molar-refractivity contribution is 0.0153. The Morgan fingerprint density at radius 2 is 1.71 bits per heavy atom. The van der Waals surface area contributed by atoms with Crippen LogP contribution in [0.15, 0.2) is 4.52 Å². The summed E-state index contributed by atoms with van der Waals surface area (Å²) in [6.07, 6.45) is 0. The molecule has 0 bridgehead atoms. The predicted octanol–water partition coefficient (Wildman–Crippen LogP) is 0.152. The van der Waals surface area contributed by atoms with Gasteiger partial charge in [0.15, 0.2) is 5.82 Å². The molecule has 0 radical (unpaired) electrons. The van der Waals surface area contributed by atoms with Crippen molar-refractivity contribution in [2.24, 2.45) is 5.73 Å². The van der Waals surface area contributed by atoms with Crippen molar-refractivity contribution < 1.29 is 9.63 Å². The first-order valence-electron chi connectivity index (χ1n) is 7.42. The number of nitrogens with two attached hydrogens (primary N) is 1. The summed E-state index contributed by atoms with van der Waals surface area (Å²) in [5.74, 6) is 1.15. The number of hydrogen-bond donors (Lipinski definition) is 2. The molecule has 2 rings (SSSR count). The number of rotatable bonds is 5. The fourth-order valence-electron chi connectivity index (χ4n) is 2.42. The molecule has 1 aromatic heterocycles. The molecule has 1 aliphatic heterocycles. The normalized spacial score (nSPS) is 19.1. The minimum absolute atomic E-state index is 0.540. The highest BCUT2D eigenvalue weighted by Gasteiger charge is 2.25. The molecular formula is C14H27N5O2. The maximum atomic E-state index is 9.85. The number of aromatic nitrogens is 2. The summed E-state index contributed by atoms with van der Waals surface area (Å²) in [6.45, 7) is 12.5. The number of β-amino-alcohol motifs (C(OH)–C–C–N with tert-alkyl or cyclic N) is 1. The van der Waals surface area contributed by atoms with E-state index in [1.165, 1.54) is 0 Å². The van der Waals surface area contributed by atoms with Crippen LogP contribution in [0.1, 0.15) is 39.4 Å². The molecule has 1 aliphatic rings. The number of hydrogen-bond acceptors (Lipinski definition) is 7. The van der Waals surface area contributed by atoms with Gasteiger partial charge in [-0.2, -0.15) is 4.98 Å². The molecule has 1 saturated heterocycles. The zero-order chi connectivity index (χ0) is 15.7. The topological polar surface area (TPSA) is 91.7 Å². The Balaban J connectivity index is 1.82. The van der Waals surface area contributed by atoms with Crippen molar-refractivity contribution in [1.29, 1.82) is 0 Å². The number of aliphatic hydroxyl groups is 1. The van der Waals surface area contributed by atoms with Crippen LogP contribution in [0.25, 0.3) is 0 Å². The highest BCUT2D eigenvalue weighted by atomic mass is 16.5. The smallest absolute Gasteiger partial charge is 0.240 e. The van der Waals surface area contributed by atoms with E-state index >= 15 is 0 Å². The van der Waals surface area contributed by atoms with Crippen molar-refractivity contribution in [2.45, 2.75) is 45.4 Å². The van der Waals surface area contributed by atoms with Gasteiger partial charge in [0.1, 0.15) is 0 Å². The summed E-state index contributed by atoms with van der Waals surface area (Å²) in [5, 5.41) is 13.8. The molecular weight excluding hydrogens is 270 g/mol. The van der Waals surface area contributed by atoms with Gasteiger partial charge in [-0.15, -0.1) is 0 Å². The molecule has 0 aliphatic carbocycles. The second kappa shape index (κ2) is 6.00. The van der Waals surface area contributed by atoms with E-state index in [1.807, 2.05) is 27.7 Å². The second-order valence-electron chi connectivity index (χ2n) is 7.10. The molecule has 0 unspecified atom stereocenters. The lowest BCUT2D eigenvalue weighted by Crippen LogP contribution is -2.50. The van der Waals surface area contributed by atoms with Crippen LogP contribution >= 0.6 is 0 Å². The average Bonchev–Trinajstić information content (AvgIpc) is 2.78. The van der Waals surface area contributed by atoms with E-state index in [2.05, 4.69) is 19.9 Å². The van der Waals surface area contributed by atoms with Crippen LogP contribution < -0.4 is 5.73 Å². The van der Waals surface area contributed by atoms with E-state index in [0.717, 1.165) is 26.2 Å². The van der Waals surface area contributed by atoms with Crippen LogP contribution in [0.5, 0.6) is 0 Å². The molecule has 2 heterocycles. The molecule has 7 nitrogen and oxygen atoms in total. The van der Waals surface area contributed by atoms with Crippen LogP contribution in [0, 0.1) is 0 Å². The van der Waals surface area contributed by atoms with Gasteiger partial charge in [0, 0.05) is 32.7 Å². The monoisotopic (exact) mass is 297 g/mol. The van der Waals surface area contributed by atoms with Crippen molar-refractivity contribution in [3.05, 3.63) is 11.7 Å². The summed E-state index contributed by atoms with van der Waals surface area (Å²) < 4.78 is 5.26. The van der Waals surface area contributed by atoms with Crippen LogP contribution in [0.2, 0.25) is 0 Å². The Labute approximate surface area is 126 Å². The van der Waals surface area contributed by atoms with E-state index in [-0.39, 0.29) is 0 Å². The average molecular weight is 297 g/mol. The molecule has 3 N–H and O–H groups in total. The van der Waals surface area contributed by atoms with E-state index < -0.39 is 11.1 Å². The number of nitrogens with zero attached hydrogens (tertiary/aromatic N) is 4. The molecule has 0 atom stereocenters. The van der Waals surface area contributed by atoms with Gasteiger partial charge in [0.25, 0.3) is 0 Å². The molecule has 120 valence electrons. The first-order chi connectivity index (χ1) is 9.63. The van der Waals surface area contributed by atoms with Gasteiger partial charge in [0.05, 0.1) is 17.7 Å². The molecule has 0 spiro atoms. The maximum absolute atomic E-state index is 9.85. The first kappa shape index (κ1) is 16.4. The summed E-state index contributed by atoms with van der Waals surface area (Å²) >= 11 is 0. The van der Waals surface area contributed by atoms with Crippen molar-refractivity contribution in [3.8, 4) is 0 Å². The highest BCUT2D eigenvalue weighted by molar-refractivity contribution is 4.99. The summed E-state index contributed by atoms with van der Waals surface area (Å²) in [5.41, 5.74) is 4.73. The molecule has 0 aromatic carbocycles. The molecule has 1 fully saturated rings. The molecule has 1 aromatic rings.